The van der Waals surface area contributed by atoms with Crippen molar-refractivity contribution >= 4 is 18.5 Å². The lowest BCUT2D eigenvalue weighted by molar-refractivity contribution is 0.675. The topological polar surface area (TPSA) is 20.2 Å². The second-order valence-electron chi connectivity index (χ2n) is 0.341. The Bertz CT molecular complexity index is 10.0. The van der Waals surface area contributed by atoms with Crippen molar-refractivity contribution in [2.24, 2.45) is 0 Å². The predicted molar refractivity (Wildman–Crippen MR) is 21.8 cm³/mol. The van der Waals surface area contributed by atoms with Crippen LogP contribution in [0.5, 0.6) is 0 Å². The molecule has 0 saturated carbocycles. The van der Waals surface area contributed by atoms with Gasteiger partial charge in [-0.25, -0.2) is 0 Å². The molecule has 1 N–H and O–H groups in total. The van der Waals surface area contributed by atoms with Crippen LogP contribution in [0.25, 0.3) is 0 Å². The molecular formula is CH4BOS. The van der Waals surface area contributed by atoms with E-state index in [9.17, 15) is 0 Å². The number of hydrogen-bond donors (Lipinski definition) is 1. The summed E-state index contributed by atoms with van der Waals surface area (Å²) in [6.07, 6.45) is 0. The van der Waals surface area contributed by atoms with Gasteiger partial charge in [0.05, 0.1) is 0 Å². The van der Waals surface area contributed by atoms with Crippen molar-refractivity contribution in [1.82, 2.24) is 0 Å². The minimum Gasteiger partial charge on any atom is -0.343 e. The van der Waals surface area contributed by atoms with Crippen LogP contribution in [-0.4, -0.2) is 11.1 Å². The molecule has 0 rings (SSSR count). The van der Waals surface area contributed by atoms with E-state index in [2.05, 4.69) is 0 Å². The molecule has 0 aromatic carbocycles. The first-order valence-electron chi connectivity index (χ1n) is 0.996. The van der Waals surface area contributed by atoms with Crippen molar-refractivity contribution < 1.29 is 4.55 Å². The largest absolute Gasteiger partial charge is 0.343 e. The van der Waals surface area contributed by atoms with Crippen LogP contribution >= 0.6 is 11.9 Å². The highest BCUT2D eigenvalue weighted by molar-refractivity contribution is 8.17. The van der Waals surface area contributed by atoms with Gasteiger partial charge >= 0.3 is 0 Å². The van der Waals surface area contributed by atoms with E-state index in [1.165, 1.54) is 0 Å². The van der Waals surface area contributed by atoms with Gasteiger partial charge in [0.1, 0.15) is 0 Å². The summed E-state index contributed by atoms with van der Waals surface area (Å²) in [6, 6.07) is 0. The molecule has 0 aliphatic heterocycles. The van der Waals surface area contributed by atoms with Gasteiger partial charge < -0.3 is 4.55 Å². The van der Waals surface area contributed by atoms with Gasteiger partial charge in [-0.05, 0) is 0 Å². The summed E-state index contributed by atoms with van der Waals surface area (Å²) in [7, 11) is 0. The summed E-state index contributed by atoms with van der Waals surface area (Å²) in [4.78, 5) is 0. The fourth-order valence-corrected chi connectivity index (χ4v) is 0. The van der Waals surface area contributed by atoms with Gasteiger partial charge in [0, 0.05) is 0 Å². The summed E-state index contributed by atoms with van der Waals surface area (Å²) in [6.45, 7) is 3.37. The average molecular weight is 74.9 g/mol. The van der Waals surface area contributed by atoms with E-state index in [1.807, 2.05) is 0 Å². The third-order valence-electron chi connectivity index (χ3n) is 0.105. The van der Waals surface area contributed by atoms with Gasteiger partial charge in [-0.1, -0.05) is 18.7 Å². The molecule has 23 valence electrons. The van der Waals surface area contributed by atoms with Crippen molar-refractivity contribution in [3.63, 3.8) is 0 Å². The minimum absolute atomic E-state index is 0.731. The Balaban J connectivity index is 1.97. The van der Waals surface area contributed by atoms with Crippen molar-refractivity contribution in [1.29, 1.82) is 0 Å². The molecule has 0 saturated heterocycles. The summed E-state index contributed by atoms with van der Waals surface area (Å²) >= 11 is 0.731. The van der Waals surface area contributed by atoms with Crippen LogP contribution in [-0.2, 0) is 0 Å². The first kappa shape index (κ1) is 4.37. The van der Waals surface area contributed by atoms with E-state index in [1.54, 1.807) is 13.4 Å². The predicted octanol–water partition coefficient (Wildman–Crippen LogP) is 0.860. The zero-order valence-electron chi connectivity index (χ0n) is 2.43. The molecule has 0 fully saturated rings. The fraction of sp³-hybridized carbons (Fsp3) is 1.00. The number of rotatable bonds is 1. The molecule has 0 heterocycles. The highest BCUT2D eigenvalue weighted by Gasteiger charge is 1.64. The van der Waals surface area contributed by atoms with Gasteiger partial charge in [-0.15, -0.1) is 0 Å². The molecule has 0 aromatic rings. The van der Waals surface area contributed by atoms with Crippen LogP contribution in [0.4, 0.5) is 0 Å². The lowest BCUT2D eigenvalue weighted by Crippen LogP contribution is -1.60. The highest BCUT2D eigenvalue weighted by Crippen LogP contribution is 1.79. The molecule has 0 amide bonds. The number of hydrogen-bond acceptors (Lipinski definition) is 2. The van der Waals surface area contributed by atoms with Crippen molar-refractivity contribution in [3.8, 4) is 0 Å². The van der Waals surface area contributed by atoms with Crippen LogP contribution in [0.3, 0.4) is 0 Å². The fourth-order valence-electron chi connectivity index (χ4n) is 0. The normalized spacial score (nSPS) is 6.50. The summed E-state index contributed by atoms with van der Waals surface area (Å²) < 4.78 is 7.74. The molecule has 0 bridgehead atoms. The molecule has 0 atom stereocenters. The molecule has 1 radical (unpaired) electrons. The van der Waals surface area contributed by atoms with Gasteiger partial charge in [0.2, 0.25) is 6.56 Å². The SMILES string of the molecule is C[B]SO. The Morgan fingerprint density at radius 2 is 2.25 bits per heavy atom. The maximum atomic E-state index is 7.74. The van der Waals surface area contributed by atoms with E-state index in [-0.39, 0.29) is 0 Å². The second-order valence-corrected chi connectivity index (χ2v) is 1.02. The quantitative estimate of drug-likeness (QED) is 0.368. The first-order chi connectivity index (χ1) is 1.91. The third kappa shape index (κ3) is 2.37. The van der Waals surface area contributed by atoms with Gasteiger partial charge in [-0.2, -0.15) is 0 Å². The molecule has 0 aromatic heterocycles. The zero-order valence-corrected chi connectivity index (χ0v) is 3.25. The maximum absolute atomic E-state index is 7.74. The van der Waals surface area contributed by atoms with Crippen LogP contribution in [0.1, 0.15) is 0 Å². The molecular weight excluding hydrogens is 70.9 g/mol. The van der Waals surface area contributed by atoms with Crippen LogP contribution in [0.15, 0.2) is 0 Å². The van der Waals surface area contributed by atoms with E-state index >= 15 is 0 Å². The maximum Gasteiger partial charge on any atom is 0.227 e. The molecule has 4 heavy (non-hydrogen) atoms. The van der Waals surface area contributed by atoms with Crippen molar-refractivity contribution in [2.75, 3.05) is 0 Å². The Morgan fingerprint density at radius 1 is 2.00 bits per heavy atom. The lowest BCUT2D eigenvalue weighted by atomic mass is 10.2. The smallest absolute Gasteiger partial charge is 0.227 e. The Morgan fingerprint density at radius 3 is 2.25 bits per heavy atom. The Hall–Kier alpha value is 0.375. The van der Waals surface area contributed by atoms with Gasteiger partial charge in [0.25, 0.3) is 0 Å². The zero-order chi connectivity index (χ0) is 3.41. The Kier molecular flexibility index (Phi) is 3.69. The van der Waals surface area contributed by atoms with Crippen molar-refractivity contribution in [2.45, 2.75) is 6.82 Å². The van der Waals surface area contributed by atoms with Gasteiger partial charge in [-0.3, -0.25) is 0 Å². The van der Waals surface area contributed by atoms with Crippen LogP contribution < -0.4 is 0 Å². The van der Waals surface area contributed by atoms with Crippen molar-refractivity contribution in [3.05, 3.63) is 0 Å². The van der Waals surface area contributed by atoms with E-state index in [0.29, 0.717) is 0 Å². The van der Waals surface area contributed by atoms with E-state index in [4.69, 9.17) is 4.55 Å². The third-order valence-corrected chi connectivity index (χ3v) is 0.316. The highest BCUT2D eigenvalue weighted by atomic mass is 32.2. The molecule has 1 nitrogen and oxygen atoms in total. The minimum atomic E-state index is 0.731. The molecule has 0 spiro atoms. The standard InChI is InChI=1S/CH4BOS/c1-2-4-3/h3H,1H3. The van der Waals surface area contributed by atoms with Gasteiger partial charge in [0.15, 0.2) is 0 Å². The summed E-state index contributed by atoms with van der Waals surface area (Å²) in [5.41, 5.74) is 0. The first-order valence-corrected chi connectivity index (χ1v) is 1.83. The van der Waals surface area contributed by atoms with Crippen LogP contribution in [0.2, 0.25) is 6.82 Å². The molecule has 0 aliphatic rings. The molecule has 0 aliphatic carbocycles. The molecule has 0 unspecified atom stereocenters. The van der Waals surface area contributed by atoms with E-state index < -0.39 is 0 Å². The van der Waals surface area contributed by atoms with E-state index in [0.717, 1.165) is 11.9 Å². The Labute approximate surface area is 30.8 Å². The monoisotopic (exact) mass is 75.0 g/mol. The average Bonchev–Trinajstić information content (AvgIpc) is 1.37. The summed E-state index contributed by atoms with van der Waals surface area (Å²) in [5, 5.41) is 0. The second kappa shape index (κ2) is 3.37. The van der Waals surface area contributed by atoms with Crippen LogP contribution in [0, 0.1) is 0 Å². The molecule has 3 heteroatoms. The summed E-state index contributed by atoms with van der Waals surface area (Å²) in [5.74, 6) is 0. The lowest BCUT2D eigenvalue weighted by Gasteiger charge is -1.65.